The van der Waals surface area contributed by atoms with E-state index in [0.717, 1.165) is 42.8 Å². The van der Waals surface area contributed by atoms with Gasteiger partial charge in [0.25, 0.3) is 0 Å². The van der Waals surface area contributed by atoms with Crippen molar-refractivity contribution in [1.29, 1.82) is 0 Å². The van der Waals surface area contributed by atoms with Crippen LogP contribution >= 0.6 is 0 Å². The number of fused-ring (bicyclic) bond motifs is 5. The molecule has 0 radical (unpaired) electrons. The van der Waals surface area contributed by atoms with Crippen LogP contribution < -0.4 is 0 Å². The second kappa shape index (κ2) is 6.87. The number of imidazole rings is 1. The predicted molar refractivity (Wildman–Crippen MR) is 103 cm³/mol. The number of aryl methyl sites for hydroxylation is 1. The third-order valence-corrected chi connectivity index (χ3v) is 5.83. The standard InChI is InChI=1S/C20H27N5O2/c1-14-5-4-8-24-17(10-21-19(14)24)9-18(26)25-12-15-6-7-16(25)13-23(11-15)20(27)22(2)3/h4-5,8,10,15-16H,6-7,9,11-13H2,1-3H3/t15-,16+/m0/s1. The summed E-state index contributed by atoms with van der Waals surface area (Å²) in [6.45, 7) is 4.14. The van der Waals surface area contributed by atoms with Crippen LogP contribution in [0.5, 0.6) is 0 Å². The molecule has 3 fully saturated rings. The molecule has 0 aliphatic carbocycles. The van der Waals surface area contributed by atoms with E-state index in [1.807, 2.05) is 39.5 Å². The maximum Gasteiger partial charge on any atom is 0.319 e. The lowest BCUT2D eigenvalue weighted by molar-refractivity contribution is -0.134. The van der Waals surface area contributed by atoms with E-state index < -0.39 is 0 Å². The highest BCUT2D eigenvalue weighted by Crippen LogP contribution is 2.29. The average molecular weight is 369 g/mol. The van der Waals surface area contributed by atoms with Crippen LogP contribution in [0.4, 0.5) is 4.79 Å². The van der Waals surface area contributed by atoms with Crippen molar-refractivity contribution in [2.75, 3.05) is 33.7 Å². The Labute approximate surface area is 159 Å². The molecule has 2 aromatic rings. The van der Waals surface area contributed by atoms with E-state index in [2.05, 4.69) is 4.98 Å². The van der Waals surface area contributed by atoms with Gasteiger partial charge in [-0.25, -0.2) is 9.78 Å². The summed E-state index contributed by atoms with van der Waals surface area (Å²) < 4.78 is 2.01. The van der Waals surface area contributed by atoms with Gasteiger partial charge in [-0.1, -0.05) is 6.07 Å². The fourth-order valence-electron chi connectivity index (χ4n) is 4.42. The maximum absolute atomic E-state index is 13.1. The van der Waals surface area contributed by atoms with Crippen molar-refractivity contribution < 1.29 is 9.59 Å². The van der Waals surface area contributed by atoms with Gasteiger partial charge >= 0.3 is 6.03 Å². The molecule has 0 aromatic carbocycles. The molecule has 0 unspecified atom stereocenters. The van der Waals surface area contributed by atoms with E-state index in [1.54, 1.807) is 25.2 Å². The lowest BCUT2D eigenvalue weighted by Gasteiger charge is -2.36. The molecule has 144 valence electrons. The number of hydrogen-bond acceptors (Lipinski definition) is 3. The van der Waals surface area contributed by atoms with Crippen LogP contribution in [0.25, 0.3) is 5.65 Å². The van der Waals surface area contributed by atoms with E-state index in [-0.39, 0.29) is 18.0 Å². The van der Waals surface area contributed by atoms with Crippen molar-refractivity contribution in [3.05, 3.63) is 35.8 Å². The molecule has 7 nitrogen and oxygen atoms in total. The Morgan fingerprint density at radius 2 is 2.04 bits per heavy atom. The van der Waals surface area contributed by atoms with Gasteiger partial charge < -0.3 is 19.1 Å². The van der Waals surface area contributed by atoms with Crippen LogP contribution in [0.1, 0.15) is 24.1 Å². The molecule has 2 bridgehead atoms. The van der Waals surface area contributed by atoms with Gasteiger partial charge in [0, 0.05) is 52.2 Å². The lowest BCUT2D eigenvalue weighted by Crippen LogP contribution is -2.49. The van der Waals surface area contributed by atoms with Crippen LogP contribution in [0.2, 0.25) is 0 Å². The van der Waals surface area contributed by atoms with E-state index in [9.17, 15) is 9.59 Å². The molecule has 0 spiro atoms. The van der Waals surface area contributed by atoms with E-state index in [0.29, 0.717) is 18.9 Å². The molecular formula is C20H27N5O2. The number of piperidine rings is 1. The van der Waals surface area contributed by atoms with Gasteiger partial charge in [0.05, 0.1) is 12.1 Å². The highest BCUT2D eigenvalue weighted by atomic mass is 16.2. The maximum atomic E-state index is 13.1. The summed E-state index contributed by atoms with van der Waals surface area (Å²) in [5.74, 6) is 0.494. The molecule has 2 atom stereocenters. The Balaban J connectivity index is 1.52. The molecular weight excluding hydrogens is 342 g/mol. The SMILES string of the molecule is Cc1cccn2c(CC(=O)N3C[C@H]4CC[C@@H]3CN(C(=O)N(C)C)C4)cnc12. The second-order valence-corrected chi connectivity index (χ2v) is 8.04. The van der Waals surface area contributed by atoms with Crippen LogP contribution in [-0.2, 0) is 11.2 Å². The molecule has 0 saturated carbocycles. The van der Waals surface area contributed by atoms with Gasteiger partial charge in [-0.15, -0.1) is 0 Å². The molecule has 3 saturated heterocycles. The normalized spacial score (nSPS) is 22.2. The Morgan fingerprint density at radius 3 is 2.81 bits per heavy atom. The van der Waals surface area contributed by atoms with Gasteiger partial charge in [-0.3, -0.25) is 4.79 Å². The third kappa shape index (κ3) is 3.26. The molecule has 7 heteroatoms. The van der Waals surface area contributed by atoms with Crippen LogP contribution in [0.3, 0.4) is 0 Å². The number of carbonyl (C=O) groups is 2. The van der Waals surface area contributed by atoms with Crippen LogP contribution in [0.15, 0.2) is 24.5 Å². The predicted octanol–water partition coefficient (Wildman–Crippen LogP) is 1.79. The fourth-order valence-corrected chi connectivity index (χ4v) is 4.42. The van der Waals surface area contributed by atoms with Crippen molar-refractivity contribution in [3.8, 4) is 0 Å². The van der Waals surface area contributed by atoms with Gasteiger partial charge in [0.2, 0.25) is 5.91 Å². The van der Waals surface area contributed by atoms with Crippen LogP contribution in [0, 0.1) is 12.8 Å². The van der Waals surface area contributed by atoms with Crippen molar-refractivity contribution in [3.63, 3.8) is 0 Å². The smallest absolute Gasteiger partial charge is 0.319 e. The first-order valence-corrected chi connectivity index (χ1v) is 9.61. The van der Waals surface area contributed by atoms with Crippen molar-refractivity contribution >= 4 is 17.6 Å². The first-order chi connectivity index (χ1) is 12.9. The minimum atomic E-state index is 0.0402. The van der Waals surface area contributed by atoms with Crippen molar-refractivity contribution in [2.24, 2.45) is 5.92 Å². The minimum Gasteiger partial charge on any atom is -0.337 e. The first-order valence-electron chi connectivity index (χ1n) is 9.61. The summed E-state index contributed by atoms with van der Waals surface area (Å²) in [7, 11) is 3.57. The second-order valence-electron chi connectivity index (χ2n) is 8.04. The Hall–Kier alpha value is -2.57. The average Bonchev–Trinajstić information content (AvgIpc) is 2.84. The number of urea groups is 1. The summed E-state index contributed by atoms with van der Waals surface area (Å²) >= 11 is 0. The number of amides is 3. The molecule has 3 aliphatic heterocycles. The number of nitrogens with zero attached hydrogens (tertiary/aromatic N) is 5. The van der Waals surface area contributed by atoms with Gasteiger partial charge in [-0.2, -0.15) is 0 Å². The number of rotatable bonds is 2. The molecule has 5 rings (SSSR count). The van der Waals surface area contributed by atoms with E-state index in [4.69, 9.17) is 0 Å². The number of carbonyl (C=O) groups excluding carboxylic acids is 2. The number of hydrogen-bond donors (Lipinski definition) is 0. The summed E-state index contributed by atoms with van der Waals surface area (Å²) in [5, 5.41) is 0. The quantitative estimate of drug-likeness (QED) is 0.811. The summed E-state index contributed by atoms with van der Waals surface area (Å²) in [5.41, 5.74) is 2.92. The lowest BCUT2D eigenvalue weighted by atomic mass is 9.94. The fraction of sp³-hybridized carbons (Fsp3) is 0.550. The molecule has 5 heterocycles. The van der Waals surface area contributed by atoms with Gasteiger partial charge in [-0.05, 0) is 37.3 Å². The van der Waals surface area contributed by atoms with Crippen molar-refractivity contribution in [1.82, 2.24) is 24.1 Å². The third-order valence-electron chi connectivity index (χ3n) is 5.83. The Morgan fingerprint density at radius 1 is 1.22 bits per heavy atom. The zero-order valence-corrected chi connectivity index (χ0v) is 16.3. The monoisotopic (exact) mass is 369 g/mol. The van der Waals surface area contributed by atoms with Crippen LogP contribution in [-0.4, -0.2) is 75.8 Å². The summed E-state index contributed by atoms with van der Waals surface area (Å²) in [6, 6.07) is 4.16. The largest absolute Gasteiger partial charge is 0.337 e. The van der Waals surface area contributed by atoms with Gasteiger partial charge in [0.1, 0.15) is 5.65 Å². The molecule has 27 heavy (non-hydrogen) atoms. The molecule has 0 N–H and O–H groups in total. The topological polar surface area (TPSA) is 61.2 Å². The number of pyridine rings is 1. The molecule has 3 aliphatic rings. The Bertz CT molecular complexity index is 874. The minimum absolute atomic E-state index is 0.0402. The highest BCUT2D eigenvalue weighted by Gasteiger charge is 2.38. The Kier molecular flexibility index (Phi) is 4.53. The highest BCUT2D eigenvalue weighted by molar-refractivity contribution is 5.80. The molecule has 3 amide bonds. The van der Waals surface area contributed by atoms with E-state index in [1.165, 1.54) is 0 Å². The van der Waals surface area contributed by atoms with Crippen molar-refractivity contribution in [2.45, 2.75) is 32.2 Å². The zero-order valence-electron chi connectivity index (χ0n) is 16.3. The number of aromatic nitrogens is 2. The molecule has 2 aromatic heterocycles. The first kappa shape index (κ1) is 17.8. The van der Waals surface area contributed by atoms with E-state index >= 15 is 0 Å². The zero-order chi connectivity index (χ0) is 19.1. The summed E-state index contributed by atoms with van der Waals surface area (Å²) in [6.07, 6.45) is 6.16. The summed E-state index contributed by atoms with van der Waals surface area (Å²) in [4.78, 5) is 35.5. The van der Waals surface area contributed by atoms with Gasteiger partial charge in [0.15, 0.2) is 0 Å².